The SMILES string of the molecule is Cc1ccc(NC(=O)CN2CCN(C(=O)[C@H]3COc4ccccc4O3)CC2)cc1C. The molecule has 2 aromatic carbocycles. The molecule has 0 radical (unpaired) electrons. The molecule has 1 fully saturated rings. The van der Waals surface area contributed by atoms with Crippen molar-refractivity contribution >= 4 is 17.5 Å². The maximum Gasteiger partial charge on any atom is 0.267 e. The lowest BCUT2D eigenvalue weighted by Crippen LogP contribution is -2.54. The Morgan fingerprint density at radius 1 is 1.00 bits per heavy atom. The minimum atomic E-state index is -0.625. The molecule has 1 saturated heterocycles. The second-order valence-corrected chi connectivity index (χ2v) is 7.81. The van der Waals surface area contributed by atoms with Gasteiger partial charge in [0.1, 0.15) is 6.61 Å². The molecule has 0 unspecified atom stereocenters. The van der Waals surface area contributed by atoms with E-state index in [1.165, 1.54) is 5.56 Å². The van der Waals surface area contributed by atoms with Crippen LogP contribution in [0.1, 0.15) is 11.1 Å². The summed E-state index contributed by atoms with van der Waals surface area (Å²) in [5.74, 6) is 1.16. The van der Waals surface area contributed by atoms with Crippen molar-refractivity contribution in [2.75, 3.05) is 44.6 Å². The van der Waals surface area contributed by atoms with E-state index in [1.54, 1.807) is 11.0 Å². The van der Waals surface area contributed by atoms with Crippen molar-refractivity contribution in [3.05, 3.63) is 53.6 Å². The van der Waals surface area contributed by atoms with Gasteiger partial charge in [0.05, 0.1) is 6.54 Å². The molecule has 0 aliphatic carbocycles. The smallest absolute Gasteiger partial charge is 0.267 e. The van der Waals surface area contributed by atoms with Crippen LogP contribution in [0.3, 0.4) is 0 Å². The third-order valence-electron chi connectivity index (χ3n) is 5.63. The minimum absolute atomic E-state index is 0.0429. The van der Waals surface area contributed by atoms with Gasteiger partial charge in [0, 0.05) is 31.9 Å². The fourth-order valence-electron chi connectivity index (χ4n) is 3.69. The van der Waals surface area contributed by atoms with Crippen molar-refractivity contribution in [3.63, 3.8) is 0 Å². The molecule has 2 heterocycles. The Balaban J connectivity index is 1.25. The number of carbonyl (C=O) groups is 2. The molecule has 2 aliphatic heterocycles. The maximum absolute atomic E-state index is 12.8. The lowest BCUT2D eigenvalue weighted by atomic mass is 10.1. The number of fused-ring (bicyclic) bond motifs is 1. The molecule has 30 heavy (non-hydrogen) atoms. The van der Waals surface area contributed by atoms with Gasteiger partial charge in [-0.15, -0.1) is 0 Å². The number of para-hydroxylation sites is 2. The summed E-state index contributed by atoms with van der Waals surface area (Å²) in [4.78, 5) is 29.1. The summed E-state index contributed by atoms with van der Waals surface area (Å²) in [5, 5.41) is 2.95. The summed E-state index contributed by atoms with van der Waals surface area (Å²) in [7, 11) is 0. The largest absolute Gasteiger partial charge is 0.485 e. The second kappa shape index (κ2) is 8.75. The van der Waals surface area contributed by atoms with Crippen LogP contribution in [0, 0.1) is 13.8 Å². The van der Waals surface area contributed by atoms with Crippen molar-refractivity contribution in [1.82, 2.24) is 9.80 Å². The Morgan fingerprint density at radius 2 is 1.73 bits per heavy atom. The number of aryl methyl sites for hydroxylation is 2. The zero-order valence-electron chi connectivity index (χ0n) is 17.4. The number of nitrogens with zero attached hydrogens (tertiary/aromatic N) is 2. The first-order valence-electron chi connectivity index (χ1n) is 10.3. The molecule has 1 atom stereocenters. The topological polar surface area (TPSA) is 71.1 Å². The molecule has 0 bridgehead atoms. The minimum Gasteiger partial charge on any atom is -0.485 e. The standard InChI is InChI=1S/C23H27N3O4/c1-16-7-8-18(13-17(16)2)24-22(27)14-25-9-11-26(12-10-25)23(28)21-15-29-19-5-3-4-6-20(19)30-21/h3-8,13,21H,9-12,14-15H2,1-2H3,(H,24,27)/t21-/m1/s1. The number of carbonyl (C=O) groups excluding carboxylic acids is 2. The van der Waals surface area contributed by atoms with Crippen molar-refractivity contribution < 1.29 is 19.1 Å². The highest BCUT2D eigenvalue weighted by atomic mass is 16.6. The molecule has 0 spiro atoms. The van der Waals surface area contributed by atoms with E-state index in [-0.39, 0.29) is 18.4 Å². The highest BCUT2D eigenvalue weighted by Crippen LogP contribution is 2.31. The van der Waals surface area contributed by atoms with E-state index in [0.29, 0.717) is 44.2 Å². The molecule has 1 N–H and O–H groups in total. The summed E-state index contributed by atoms with van der Waals surface area (Å²) in [6.45, 7) is 7.03. The summed E-state index contributed by atoms with van der Waals surface area (Å²) < 4.78 is 11.5. The van der Waals surface area contributed by atoms with Crippen LogP contribution in [0.4, 0.5) is 5.69 Å². The predicted molar refractivity (Wildman–Crippen MR) is 114 cm³/mol. The lowest BCUT2D eigenvalue weighted by Gasteiger charge is -2.36. The first kappa shape index (κ1) is 20.2. The van der Waals surface area contributed by atoms with Crippen molar-refractivity contribution in [2.24, 2.45) is 0 Å². The van der Waals surface area contributed by atoms with Crippen LogP contribution in [0.5, 0.6) is 11.5 Å². The van der Waals surface area contributed by atoms with Crippen LogP contribution in [0.2, 0.25) is 0 Å². The number of nitrogens with one attached hydrogen (secondary N) is 1. The van der Waals surface area contributed by atoms with Gasteiger partial charge in [-0.25, -0.2) is 0 Å². The molecule has 2 aromatic rings. The average molecular weight is 409 g/mol. The number of ether oxygens (including phenoxy) is 2. The van der Waals surface area contributed by atoms with E-state index in [4.69, 9.17) is 9.47 Å². The third kappa shape index (κ3) is 4.57. The zero-order valence-corrected chi connectivity index (χ0v) is 17.4. The Labute approximate surface area is 176 Å². The molecule has 7 nitrogen and oxygen atoms in total. The van der Waals surface area contributed by atoms with E-state index in [1.807, 2.05) is 50.2 Å². The average Bonchev–Trinajstić information content (AvgIpc) is 2.76. The molecule has 7 heteroatoms. The quantitative estimate of drug-likeness (QED) is 0.839. The predicted octanol–water partition coefficient (Wildman–Crippen LogP) is 2.23. The van der Waals surface area contributed by atoms with Gasteiger partial charge < -0.3 is 19.7 Å². The van der Waals surface area contributed by atoms with Crippen LogP contribution >= 0.6 is 0 Å². The fourth-order valence-corrected chi connectivity index (χ4v) is 3.69. The van der Waals surface area contributed by atoms with Crippen LogP contribution < -0.4 is 14.8 Å². The van der Waals surface area contributed by atoms with Crippen molar-refractivity contribution in [2.45, 2.75) is 20.0 Å². The molecule has 0 aromatic heterocycles. The Kier molecular flexibility index (Phi) is 5.90. The maximum atomic E-state index is 12.8. The summed E-state index contributed by atoms with van der Waals surface area (Å²) in [6.07, 6.45) is -0.625. The summed E-state index contributed by atoms with van der Waals surface area (Å²) in [6, 6.07) is 13.3. The summed E-state index contributed by atoms with van der Waals surface area (Å²) >= 11 is 0. The Morgan fingerprint density at radius 3 is 2.47 bits per heavy atom. The van der Waals surface area contributed by atoms with Crippen molar-refractivity contribution in [1.29, 1.82) is 0 Å². The number of anilines is 1. The number of amides is 2. The number of piperazine rings is 1. The number of benzene rings is 2. The second-order valence-electron chi connectivity index (χ2n) is 7.81. The Hall–Kier alpha value is -3.06. The first-order chi connectivity index (χ1) is 14.5. The van der Waals surface area contributed by atoms with Gasteiger partial charge in [0.15, 0.2) is 11.5 Å². The van der Waals surface area contributed by atoms with Gasteiger partial charge in [-0.1, -0.05) is 18.2 Å². The van der Waals surface area contributed by atoms with Crippen LogP contribution in [-0.2, 0) is 9.59 Å². The monoisotopic (exact) mass is 409 g/mol. The third-order valence-corrected chi connectivity index (χ3v) is 5.63. The number of rotatable bonds is 4. The highest BCUT2D eigenvalue weighted by molar-refractivity contribution is 5.92. The van der Waals surface area contributed by atoms with E-state index < -0.39 is 6.10 Å². The van der Waals surface area contributed by atoms with E-state index in [0.717, 1.165) is 11.3 Å². The molecule has 158 valence electrons. The van der Waals surface area contributed by atoms with Gasteiger partial charge in [-0.05, 0) is 49.2 Å². The van der Waals surface area contributed by atoms with E-state index in [9.17, 15) is 9.59 Å². The zero-order chi connectivity index (χ0) is 21.1. The fraction of sp³-hybridized carbons (Fsp3) is 0.391. The van der Waals surface area contributed by atoms with Gasteiger partial charge in [-0.2, -0.15) is 0 Å². The molecule has 4 rings (SSSR count). The van der Waals surface area contributed by atoms with Gasteiger partial charge in [-0.3, -0.25) is 14.5 Å². The Bertz CT molecular complexity index is 938. The highest BCUT2D eigenvalue weighted by Gasteiger charge is 2.32. The number of hydrogen-bond acceptors (Lipinski definition) is 5. The van der Waals surface area contributed by atoms with Crippen LogP contribution in [0.15, 0.2) is 42.5 Å². The molecular formula is C23H27N3O4. The van der Waals surface area contributed by atoms with Crippen LogP contribution in [0.25, 0.3) is 0 Å². The number of hydrogen-bond donors (Lipinski definition) is 1. The van der Waals surface area contributed by atoms with E-state index in [2.05, 4.69) is 10.2 Å². The summed E-state index contributed by atoms with van der Waals surface area (Å²) in [5.41, 5.74) is 3.16. The van der Waals surface area contributed by atoms with E-state index >= 15 is 0 Å². The van der Waals surface area contributed by atoms with Crippen LogP contribution in [-0.4, -0.2) is 67.0 Å². The first-order valence-corrected chi connectivity index (χ1v) is 10.3. The van der Waals surface area contributed by atoms with Gasteiger partial charge in [0.2, 0.25) is 12.0 Å². The molecule has 0 saturated carbocycles. The molecule has 2 amide bonds. The normalized spacial score (nSPS) is 18.7. The lowest BCUT2D eigenvalue weighted by molar-refractivity contribution is -0.143. The molecular weight excluding hydrogens is 382 g/mol. The molecule has 2 aliphatic rings. The van der Waals surface area contributed by atoms with Gasteiger partial charge in [0.25, 0.3) is 5.91 Å². The van der Waals surface area contributed by atoms with Crippen molar-refractivity contribution in [3.8, 4) is 11.5 Å². The van der Waals surface area contributed by atoms with Gasteiger partial charge >= 0.3 is 0 Å².